The Morgan fingerprint density at radius 3 is 2.63 bits per heavy atom. The summed E-state index contributed by atoms with van der Waals surface area (Å²) in [6.07, 6.45) is 0.186. The van der Waals surface area contributed by atoms with E-state index in [1.54, 1.807) is 37.3 Å². The second kappa shape index (κ2) is 7.70. The van der Waals surface area contributed by atoms with Crippen LogP contribution < -0.4 is 19.7 Å². The Labute approximate surface area is 159 Å². The number of nitrogens with one attached hydrogen (secondary N) is 1. The molecule has 0 aliphatic carbocycles. The van der Waals surface area contributed by atoms with Gasteiger partial charge in [0.1, 0.15) is 11.5 Å². The van der Waals surface area contributed by atoms with Crippen LogP contribution in [0.4, 0.5) is 11.4 Å². The van der Waals surface area contributed by atoms with Gasteiger partial charge in [-0.1, -0.05) is 12.1 Å². The number of methoxy groups -OCH3 is 2. The summed E-state index contributed by atoms with van der Waals surface area (Å²) >= 11 is 0. The quantitative estimate of drug-likeness (QED) is 0.879. The zero-order chi connectivity index (χ0) is 19.6. The summed E-state index contributed by atoms with van der Waals surface area (Å²) in [4.78, 5) is 27.0. The van der Waals surface area contributed by atoms with Crippen LogP contribution in [-0.2, 0) is 9.59 Å². The van der Waals surface area contributed by atoms with E-state index in [1.165, 1.54) is 0 Å². The van der Waals surface area contributed by atoms with E-state index in [2.05, 4.69) is 5.32 Å². The molecule has 1 aliphatic rings. The maximum atomic E-state index is 12.8. The summed E-state index contributed by atoms with van der Waals surface area (Å²) in [6, 6.07) is 11.1. The van der Waals surface area contributed by atoms with Crippen molar-refractivity contribution in [3.8, 4) is 11.5 Å². The fourth-order valence-corrected chi connectivity index (χ4v) is 3.29. The first-order valence-corrected chi connectivity index (χ1v) is 8.84. The van der Waals surface area contributed by atoms with Crippen molar-refractivity contribution >= 4 is 23.2 Å². The van der Waals surface area contributed by atoms with Crippen molar-refractivity contribution in [3.63, 3.8) is 0 Å². The third-order valence-electron chi connectivity index (χ3n) is 5.03. The molecular formula is C21H24N2O4. The number of carbonyl (C=O) groups excluding carboxylic acids is 2. The van der Waals surface area contributed by atoms with Gasteiger partial charge >= 0.3 is 0 Å². The van der Waals surface area contributed by atoms with E-state index in [4.69, 9.17) is 9.47 Å². The summed E-state index contributed by atoms with van der Waals surface area (Å²) in [5, 5.41) is 2.87. The molecule has 2 aromatic carbocycles. The van der Waals surface area contributed by atoms with Gasteiger partial charge < -0.3 is 19.7 Å². The van der Waals surface area contributed by atoms with Crippen LogP contribution in [0.25, 0.3) is 0 Å². The third-order valence-corrected chi connectivity index (χ3v) is 5.03. The molecule has 0 aromatic heterocycles. The van der Waals surface area contributed by atoms with Crippen molar-refractivity contribution in [1.82, 2.24) is 0 Å². The minimum Gasteiger partial charge on any atom is -0.497 e. The number of anilines is 2. The van der Waals surface area contributed by atoms with Crippen LogP contribution in [0.1, 0.15) is 17.5 Å². The summed E-state index contributed by atoms with van der Waals surface area (Å²) in [5.74, 6) is 0.489. The molecule has 1 unspecified atom stereocenters. The minimum absolute atomic E-state index is 0.0403. The summed E-state index contributed by atoms with van der Waals surface area (Å²) in [7, 11) is 3.10. The zero-order valence-corrected chi connectivity index (χ0v) is 16.0. The number of amides is 2. The molecule has 1 atom stereocenters. The van der Waals surface area contributed by atoms with E-state index >= 15 is 0 Å². The van der Waals surface area contributed by atoms with Crippen molar-refractivity contribution in [2.24, 2.45) is 5.92 Å². The first-order chi connectivity index (χ1) is 12.9. The van der Waals surface area contributed by atoms with Crippen LogP contribution in [0.2, 0.25) is 0 Å². The summed E-state index contributed by atoms with van der Waals surface area (Å²) in [6.45, 7) is 4.37. The number of carbonyl (C=O) groups is 2. The molecule has 6 nitrogen and oxygen atoms in total. The Bertz CT molecular complexity index is 878. The van der Waals surface area contributed by atoms with Crippen LogP contribution in [0, 0.1) is 19.8 Å². The summed E-state index contributed by atoms with van der Waals surface area (Å²) in [5.41, 5.74) is 3.57. The lowest BCUT2D eigenvalue weighted by molar-refractivity contribution is -0.122. The normalized spacial score (nSPS) is 16.4. The predicted molar refractivity (Wildman–Crippen MR) is 105 cm³/mol. The van der Waals surface area contributed by atoms with Gasteiger partial charge in [0, 0.05) is 24.7 Å². The number of hydrogen-bond acceptors (Lipinski definition) is 4. The molecule has 2 amide bonds. The average Bonchev–Trinajstić information content (AvgIpc) is 3.05. The lowest BCUT2D eigenvalue weighted by atomic mass is 10.1. The molecular weight excluding hydrogens is 344 g/mol. The number of hydrogen-bond donors (Lipinski definition) is 1. The Hall–Kier alpha value is -3.02. The predicted octanol–water partition coefficient (Wildman–Crippen LogP) is 3.31. The summed E-state index contributed by atoms with van der Waals surface area (Å²) < 4.78 is 10.5. The lowest BCUT2D eigenvalue weighted by Crippen LogP contribution is -2.28. The molecule has 2 aromatic rings. The van der Waals surface area contributed by atoms with Crippen LogP contribution >= 0.6 is 0 Å². The second-order valence-electron chi connectivity index (χ2n) is 6.68. The standard InChI is InChI=1S/C21H24N2O4/c1-13-6-5-7-18(14(13)2)23-12-15(10-20(23)24)21(25)22-17-11-16(26-3)8-9-19(17)27-4/h5-9,11,15H,10,12H2,1-4H3,(H,22,25). The van der Waals surface area contributed by atoms with Gasteiger partial charge in [0.2, 0.25) is 11.8 Å². The highest BCUT2D eigenvalue weighted by atomic mass is 16.5. The molecule has 1 saturated heterocycles. The average molecular weight is 368 g/mol. The molecule has 3 rings (SSSR count). The van der Waals surface area contributed by atoms with Crippen LogP contribution in [0.15, 0.2) is 36.4 Å². The van der Waals surface area contributed by atoms with E-state index in [1.807, 2.05) is 32.0 Å². The molecule has 1 fully saturated rings. The smallest absolute Gasteiger partial charge is 0.229 e. The first-order valence-electron chi connectivity index (χ1n) is 8.84. The fourth-order valence-electron chi connectivity index (χ4n) is 3.29. The van der Waals surface area contributed by atoms with Crippen molar-refractivity contribution in [2.45, 2.75) is 20.3 Å². The van der Waals surface area contributed by atoms with Gasteiger partial charge in [0.05, 0.1) is 25.8 Å². The first kappa shape index (κ1) is 18.8. The van der Waals surface area contributed by atoms with Gasteiger partial charge in [-0.15, -0.1) is 0 Å². The Morgan fingerprint density at radius 1 is 1.15 bits per heavy atom. The van der Waals surface area contributed by atoms with Gasteiger partial charge in [-0.2, -0.15) is 0 Å². The van der Waals surface area contributed by atoms with E-state index < -0.39 is 5.92 Å². The Balaban J connectivity index is 1.78. The number of benzene rings is 2. The Morgan fingerprint density at radius 2 is 1.93 bits per heavy atom. The molecule has 27 heavy (non-hydrogen) atoms. The highest BCUT2D eigenvalue weighted by Crippen LogP contribution is 2.32. The highest BCUT2D eigenvalue weighted by molar-refractivity contribution is 6.04. The van der Waals surface area contributed by atoms with Crippen LogP contribution in [-0.4, -0.2) is 32.6 Å². The molecule has 0 spiro atoms. The van der Waals surface area contributed by atoms with Gasteiger partial charge in [0.25, 0.3) is 0 Å². The molecule has 0 radical (unpaired) electrons. The number of ether oxygens (including phenoxy) is 2. The molecule has 0 saturated carbocycles. The van der Waals surface area contributed by atoms with Crippen molar-refractivity contribution < 1.29 is 19.1 Å². The third kappa shape index (κ3) is 3.74. The lowest BCUT2D eigenvalue weighted by Gasteiger charge is -2.20. The second-order valence-corrected chi connectivity index (χ2v) is 6.68. The number of aryl methyl sites for hydroxylation is 1. The van der Waals surface area contributed by atoms with Gasteiger partial charge in [-0.05, 0) is 43.2 Å². The number of nitrogens with zero attached hydrogens (tertiary/aromatic N) is 1. The van der Waals surface area contributed by atoms with E-state index in [-0.39, 0.29) is 18.2 Å². The topological polar surface area (TPSA) is 67.9 Å². The van der Waals surface area contributed by atoms with Crippen LogP contribution in [0.3, 0.4) is 0 Å². The largest absolute Gasteiger partial charge is 0.497 e. The SMILES string of the molecule is COc1ccc(OC)c(NC(=O)C2CC(=O)N(c3cccc(C)c3C)C2)c1. The molecule has 1 heterocycles. The van der Waals surface area contributed by atoms with E-state index in [9.17, 15) is 9.59 Å². The fraction of sp³-hybridized carbons (Fsp3) is 0.333. The zero-order valence-electron chi connectivity index (χ0n) is 16.0. The highest BCUT2D eigenvalue weighted by Gasteiger charge is 2.36. The van der Waals surface area contributed by atoms with Crippen LogP contribution in [0.5, 0.6) is 11.5 Å². The van der Waals surface area contributed by atoms with Crippen molar-refractivity contribution in [3.05, 3.63) is 47.5 Å². The molecule has 142 valence electrons. The van der Waals surface area contributed by atoms with Crippen molar-refractivity contribution in [1.29, 1.82) is 0 Å². The molecule has 6 heteroatoms. The monoisotopic (exact) mass is 368 g/mol. The van der Waals surface area contributed by atoms with Crippen molar-refractivity contribution in [2.75, 3.05) is 31.0 Å². The van der Waals surface area contributed by atoms with Gasteiger partial charge in [-0.25, -0.2) is 0 Å². The van der Waals surface area contributed by atoms with Gasteiger partial charge in [-0.3, -0.25) is 9.59 Å². The molecule has 1 N–H and O–H groups in total. The maximum absolute atomic E-state index is 12.8. The van der Waals surface area contributed by atoms with Gasteiger partial charge in [0.15, 0.2) is 0 Å². The Kier molecular flexibility index (Phi) is 5.35. The van der Waals surface area contributed by atoms with E-state index in [0.717, 1.165) is 16.8 Å². The molecule has 1 aliphatic heterocycles. The van der Waals surface area contributed by atoms with E-state index in [0.29, 0.717) is 23.7 Å². The minimum atomic E-state index is -0.423. The maximum Gasteiger partial charge on any atom is 0.229 e. The number of rotatable bonds is 5. The molecule has 0 bridgehead atoms.